The number of rotatable bonds is 2. The Morgan fingerprint density at radius 1 is 1.40 bits per heavy atom. The number of nitrogens with two attached hydrogens (primary N) is 1. The second kappa shape index (κ2) is 3.66. The van der Waals surface area contributed by atoms with Gasteiger partial charge in [-0.2, -0.15) is 0 Å². The van der Waals surface area contributed by atoms with Gasteiger partial charge in [0.1, 0.15) is 5.82 Å². The minimum absolute atomic E-state index is 0.273. The Bertz CT molecular complexity index is 180. The largest absolute Gasteiger partial charge is 0.385 e. The Kier molecular flexibility index (Phi) is 3.17. The number of amidine groups is 1. The van der Waals surface area contributed by atoms with Crippen LogP contribution in [0.3, 0.4) is 0 Å². The van der Waals surface area contributed by atoms with E-state index in [1.807, 2.05) is 0 Å². The average molecular weight is 140 g/mol. The molecule has 0 saturated carbocycles. The molecule has 0 radical (unpaired) electrons. The summed E-state index contributed by atoms with van der Waals surface area (Å²) in [5.74, 6) is 0.606. The van der Waals surface area contributed by atoms with Gasteiger partial charge < -0.3 is 16.5 Å². The minimum Gasteiger partial charge on any atom is -0.385 e. The number of hydrogen-bond donors (Lipinski definition) is 4. The van der Waals surface area contributed by atoms with Crippen molar-refractivity contribution in [2.24, 2.45) is 5.73 Å². The second-order valence-corrected chi connectivity index (χ2v) is 2.03. The van der Waals surface area contributed by atoms with E-state index in [2.05, 4.69) is 5.32 Å². The van der Waals surface area contributed by atoms with Crippen molar-refractivity contribution in [3.8, 4) is 0 Å². The van der Waals surface area contributed by atoms with Crippen molar-refractivity contribution in [2.75, 3.05) is 0 Å². The highest BCUT2D eigenvalue weighted by Gasteiger charge is 1.88. The molecule has 0 bridgehead atoms. The Morgan fingerprint density at radius 2 is 1.90 bits per heavy atom. The predicted molar refractivity (Wildman–Crippen MR) is 42.2 cm³/mol. The monoisotopic (exact) mass is 140 g/mol. The maximum Gasteiger partial charge on any atom is 0.103 e. The fraction of sp³-hybridized carbons (Fsp3) is 0.333. The molecule has 4 nitrogen and oxygen atoms in total. The molecule has 0 aromatic heterocycles. The van der Waals surface area contributed by atoms with E-state index in [0.29, 0.717) is 11.5 Å². The highest BCUT2D eigenvalue weighted by atomic mass is 15.0. The normalized spacial score (nSPS) is 10.8. The summed E-state index contributed by atoms with van der Waals surface area (Å²) in [5.41, 5.74) is 5.71. The molecule has 0 heterocycles. The number of nitrogens with one attached hydrogen (secondary N) is 3. The van der Waals surface area contributed by atoms with Gasteiger partial charge in [0.15, 0.2) is 0 Å². The molecule has 10 heavy (non-hydrogen) atoms. The van der Waals surface area contributed by atoms with Crippen LogP contribution >= 0.6 is 0 Å². The Labute approximate surface area is 60.1 Å². The maximum absolute atomic E-state index is 7.00. The van der Waals surface area contributed by atoms with Crippen LogP contribution in [0.25, 0.3) is 0 Å². The molecule has 0 spiro atoms. The van der Waals surface area contributed by atoms with Gasteiger partial charge in [-0.25, -0.2) is 0 Å². The summed E-state index contributed by atoms with van der Waals surface area (Å²) >= 11 is 0. The molecule has 0 aromatic rings. The minimum atomic E-state index is 0.273. The van der Waals surface area contributed by atoms with Gasteiger partial charge in [0.05, 0.1) is 5.84 Å². The van der Waals surface area contributed by atoms with Crippen molar-refractivity contribution < 1.29 is 0 Å². The Morgan fingerprint density at radius 3 is 2.20 bits per heavy atom. The maximum atomic E-state index is 7.00. The van der Waals surface area contributed by atoms with E-state index < -0.39 is 0 Å². The first-order valence-corrected chi connectivity index (χ1v) is 2.87. The standard InChI is InChI=1S/C6H12N4/c1-4(7)3-6(9)10-5(2)8/h3,7H,9H2,1-2H3,(H2,8,10)/b6-3+,7-4?. The molecular weight excluding hydrogens is 128 g/mol. The fourth-order valence-corrected chi connectivity index (χ4v) is 0.486. The van der Waals surface area contributed by atoms with E-state index in [9.17, 15) is 0 Å². The first-order chi connectivity index (χ1) is 4.52. The lowest BCUT2D eigenvalue weighted by molar-refractivity contribution is 1.06. The van der Waals surface area contributed by atoms with Gasteiger partial charge in [-0.05, 0) is 19.9 Å². The molecule has 4 heteroatoms. The van der Waals surface area contributed by atoms with Gasteiger partial charge in [0.2, 0.25) is 0 Å². The van der Waals surface area contributed by atoms with Crippen molar-refractivity contribution in [2.45, 2.75) is 13.8 Å². The zero-order chi connectivity index (χ0) is 8.15. The molecule has 0 aliphatic carbocycles. The Hall–Kier alpha value is -1.32. The van der Waals surface area contributed by atoms with Crippen LogP contribution < -0.4 is 11.1 Å². The lowest BCUT2D eigenvalue weighted by atomic mass is 10.4. The predicted octanol–water partition coefficient (Wildman–Crippen LogP) is 0.413. The van der Waals surface area contributed by atoms with Crippen LogP contribution in [0.2, 0.25) is 0 Å². The highest BCUT2D eigenvalue weighted by molar-refractivity contribution is 5.91. The fourth-order valence-electron chi connectivity index (χ4n) is 0.486. The first-order valence-electron chi connectivity index (χ1n) is 2.87. The molecule has 56 valence electrons. The molecule has 0 amide bonds. The van der Waals surface area contributed by atoms with Crippen LogP contribution in [0.15, 0.2) is 11.9 Å². The molecule has 5 N–H and O–H groups in total. The average Bonchev–Trinajstić information content (AvgIpc) is 1.58. The molecule has 0 aromatic carbocycles. The Balaban J connectivity index is 3.95. The second-order valence-electron chi connectivity index (χ2n) is 2.03. The van der Waals surface area contributed by atoms with Gasteiger partial charge in [-0.3, -0.25) is 5.41 Å². The van der Waals surface area contributed by atoms with Gasteiger partial charge in [-0.1, -0.05) is 0 Å². The molecular formula is C6H12N4. The molecule has 0 unspecified atom stereocenters. The van der Waals surface area contributed by atoms with E-state index in [0.717, 1.165) is 0 Å². The molecule has 0 rings (SSSR count). The highest BCUT2D eigenvalue weighted by Crippen LogP contribution is 1.79. The van der Waals surface area contributed by atoms with E-state index in [-0.39, 0.29) is 5.84 Å². The summed E-state index contributed by atoms with van der Waals surface area (Å²) in [6.45, 7) is 3.20. The van der Waals surface area contributed by atoms with Crippen LogP contribution in [0.1, 0.15) is 13.8 Å². The zero-order valence-corrected chi connectivity index (χ0v) is 6.15. The molecule has 0 aliphatic rings. The summed E-state index contributed by atoms with van der Waals surface area (Å²) < 4.78 is 0. The van der Waals surface area contributed by atoms with Gasteiger partial charge in [-0.15, -0.1) is 0 Å². The summed E-state index contributed by atoms with van der Waals surface area (Å²) in [5, 5.41) is 16.5. The third-order valence-corrected chi connectivity index (χ3v) is 0.704. The third-order valence-electron chi connectivity index (χ3n) is 0.704. The summed E-state index contributed by atoms with van der Waals surface area (Å²) in [6.07, 6.45) is 1.46. The molecule has 0 atom stereocenters. The number of allylic oxidation sites excluding steroid dienone is 1. The van der Waals surface area contributed by atoms with E-state index in [4.69, 9.17) is 16.6 Å². The smallest absolute Gasteiger partial charge is 0.103 e. The van der Waals surface area contributed by atoms with Crippen molar-refractivity contribution in [3.05, 3.63) is 11.9 Å². The number of hydrogen-bond acceptors (Lipinski definition) is 3. The lowest BCUT2D eigenvalue weighted by Crippen LogP contribution is -2.24. The molecule has 0 aliphatic heterocycles. The zero-order valence-electron chi connectivity index (χ0n) is 6.15. The summed E-state index contributed by atoms with van der Waals surface area (Å²) in [7, 11) is 0. The van der Waals surface area contributed by atoms with Crippen LogP contribution in [-0.2, 0) is 0 Å². The van der Waals surface area contributed by atoms with E-state index in [1.165, 1.54) is 6.08 Å². The van der Waals surface area contributed by atoms with Crippen LogP contribution in [-0.4, -0.2) is 11.5 Å². The molecule has 0 saturated heterocycles. The van der Waals surface area contributed by atoms with Crippen LogP contribution in [0.4, 0.5) is 0 Å². The summed E-state index contributed by atoms with van der Waals surface area (Å²) in [4.78, 5) is 0. The summed E-state index contributed by atoms with van der Waals surface area (Å²) in [6, 6.07) is 0. The van der Waals surface area contributed by atoms with Crippen molar-refractivity contribution >= 4 is 11.5 Å². The van der Waals surface area contributed by atoms with Crippen LogP contribution in [0.5, 0.6) is 0 Å². The van der Waals surface area contributed by atoms with Crippen molar-refractivity contribution in [1.29, 1.82) is 10.8 Å². The van der Waals surface area contributed by atoms with E-state index >= 15 is 0 Å². The van der Waals surface area contributed by atoms with E-state index in [1.54, 1.807) is 13.8 Å². The lowest BCUT2D eigenvalue weighted by Gasteiger charge is -2.01. The quantitative estimate of drug-likeness (QED) is 0.331. The van der Waals surface area contributed by atoms with Gasteiger partial charge in [0.25, 0.3) is 0 Å². The molecule has 0 fully saturated rings. The van der Waals surface area contributed by atoms with Crippen molar-refractivity contribution in [3.63, 3.8) is 0 Å². The third kappa shape index (κ3) is 4.83. The van der Waals surface area contributed by atoms with Crippen molar-refractivity contribution in [1.82, 2.24) is 5.32 Å². The van der Waals surface area contributed by atoms with Gasteiger partial charge >= 0.3 is 0 Å². The topological polar surface area (TPSA) is 85.8 Å². The SMILES string of the molecule is CC(=N)/C=C(\N)NC(C)=N. The first kappa shape index (κ1) is 8.68. The van der Waals surface area contributed by atoms with Gasteiger partial charge in [0, 0.05) is 5.71 Å². The van der Waals surface area contributed by atoms with Crippen LogP contribution in [0, 0.1) is 10.8 Å².